The lowest BCUT2D eigenvalue weighted by Gasteiger charge is -2.19. The fraction of sp³-hybridized carbons (Fsp3) is 0. The van der Waals surface area contributed by atoms with Gasteiger partial charge < -0.3 is 9.05 Å². The number of benzene rings is 4. The van der Waals surface area contributed by atoms with Gasteiger partial charge >= 0.3 is 7.82 Å². The summed E-state index contributed by atoms with van der Waals surface area (Å²) in [4.78, 5) is 14.9. The monoisotopic (exact) mass is 514 g/mol. The van der Waals surface area contributed by atoms with Gasteiger partial charge in [0.15, 0.2) is 0 Å². The Labute approximate surface area is 211 Å². The van der Waals surface area contributed by atoms with Gasteiger partial charge in [0.05, 0.1) is 0 Å². The predicted molar refractivity (Wildman–Crippen MR) is 142 cm³/mol. The molecule has 0 fully saturated rings. The maximum absolute atomic E-state index is 13.4. The van der Waals surface area contributed by atoms with Crippen molar-refractivity contribution in [2.24, 2.45) is 0 Å². The van der Waals surface area contributed by atoms with Crippen molar-refractivity contribution in [3.8, 4) is 0 Å². The fourth-order valence-corrected chi connectivity index (χ4v) is 6.94. The Hall–Kier alpha value is -3.15. The molecule has 4 aromatic carbocycles. The Kier molecular flexibility index (Phi) is 5.83. The standard InChI is InChI=1S/C28H19O4PS2/c29-33(30,31-23-17-19-9-1-5-13-25(19)34-27-15-7-3-11-21(23)27)32-24-18-20-10-2-6-14-26(20)35-28-16-8-4-12-22(24)28/h1-18H,(H,29,30). The molecule has 0 saturated carbocycles. The molecule has 1 N–H and O–H groups in total. The molecule has 4 aromatic rings. The molecule has 6 rings (SSSR count). The molecule has 172 valence electrons. The van der Waals surface area contributed by atoms with Gasteiger partial charge in [-0.25, -0.2) is 4.57 Å². The maximum Gasteiger partial charge on any atom is 0.584 e. The third-order valence-corrected chi connectivity index (χ3v) is 8.77. The van der Waals surface area contributed by atoms with Crippen molar-refractivity contribution >= 4 is 55.0 Å². The molecular weight excluding hydrogens is 495 g/mol. The zero-order valence-electron chi connectivity index (χ0n) is 18.3. The lowest BCUT2D eigenvalue weighted by atomic mass is 10.1. The van der Waals surface area contributed by atoms with E-state index in [0.717, 1.165) is 41.8 Å². The van der Waals surface area contributed by atoms with Crippen molar-refractivity contribution < 1.29 is 18.5 Å². The Morgan fingerprint density at radius 2 is 0.914 bits per heavy atom. The van der Waals surface area contributed by atoms with Crippen LogP contribution in [-0.4, -0.2) is 4.89 Å². The Balaban J connectivity index is 1.39. The first-order valence-corrected chi connectivity index (χ1v) is 14.1. The molecule has 0 spiro atoms. The molecule has 4 nitrogen and oxygen atoms in total. The number of hydrogen-bond donors (Lipinski definition) is 1. The molecule has 7 heteroatoms. The zero-order chi connectivity index (χ0) is 23.8. The van der Waals surface area contributed by atoms with Crippen LogP contribution in [-0.2, 0) is 13.6 Å². The number of phosphoric ester groups is 1. The van der Waals surface area contributed by atoms with Gasteiger partial charge in [-0.1, -0.05) is 96.3 Å². The Morgan fingerprint density at radius 1 is 0.543 bits per heavy atom. The van der Waals surface area contributed by atoms with Crippen molar-refractivity contribution in [2.45, 2.75) is 19.6 Å². The Morgan fingerprint density at radius 3 is 1.37 bits per heavy atom. The van der Waals surface area contributed by atoms with E-state index >= 15 is 0 Å². The van der Waals surface area contributed by atoms with Crippen molar-refractivity contribution in [1.82, 2.24) is 0 Å². The van der Waals surface area contributed by atoms with Gasteiger partial charge in [0, 0.05) is 30.7 Å². The van der Waals surface area contributed by atoms with Gasteiger partial charge in [0.25, 0.3) is 0 Å². The average Bonchev–Trinajstić information content (AvgIpc) is 3.11. The third-order valence-electron chi connectivity index (χ3n) is 5.58. The van der Waals surface area contributed by atoms with Crippen LogP contribution in [0.4, 0.5) is 0 Å². The lowest BCUT2D eigenvalue weighted by molar-refractivity contribution is 0.264. The highest BCUT2D eigenvalue weighted by Gasteiger charge is 2.31. The van der Waals surface area contributed by atoms with Crippen molar-refractivity contribution in [3.05, 3.63) is 119 Å². The van der Waals surface area contributed by atoms with Gasteiger partial charge in [-0.15, -0.1) is 0 Å². The smallest absolute Gasteiger partial charge is 0.394 e. The summed E-state index contributed by atoms with van der Waals surface area (Å²) < 4.78 is 25.0. The molecule has 35 heavy (non-hydrogen) atoms. The van der Waals surface area contributed by atoms with Crippen LogP contribution in [0.5, 0.6) is 0 Å². The van der Waals surface area contributed by atoms with Crippen LogP contribution >= 0.6 is 31.3 Å². The summed E-state index contributed by atoms with van der Waals surface area (Å²) in [6, 6.07) is 31.1. The van der Waals surface area contributed by atoms with Crippen LogP contribution in [0.2, 0.25) is 0 Å². The molecule has 0 radical (unpaired) electrons. The van der Waals surface area contributed by atoms with Crippen LogP contribution in [0, 0.1) is 0 Å². The number of rotatable bonds is 4. The van der Waals surface area contributed by atoms with Crippen LogP contribution in [0.25, 0.3) is 23.7 Å². The third kappa shape index (κ3) is 4.58. The van der Waals surface area contributed by atoms with Crippen molar-refractivity contribution in [1.29, 1.82) is 0 Å². The molecule has 0 aromatic heterocycles. The fourth-order valence-electron chi connectivity index (χ4n) is 4.00. The highest BCUT2D eigenvalue weighted by molar-refractivity contribution is 7.99. The Bertz CT molecular complexity index is 1450. The molecule has 2 aliphatic rings. The van der Waals surface area contributed by atoms with Gasteiger partial charge in [-0.05, 0) is 47.5 Å². The highest BCUT2D eigenvalue weighted by atomic mass is 32.2. The van der Waals surface area contributed by atoms with Gasteiger partial charge in [0.2, 0.25) is 0 Å². The minimum absolute atomic E-state index is 0.293. The van der Waals surface area contributed by atoms with Crippen LogP contribution in [0.15, 0.2) is 117 Å². The summed E-state index contributed by atoms with van der Waals surface area (Å²) in [6.45, 7) is 0. The van der Waals surface area contributed by atoms with E-state index in [0.29, 0.717) is 11.5 Å². The van der Waals surface area contributed by atoms with Crippen LogP contribution in [0.1, 0.15) is 22.3 Å². The van der Waals surface area contributed by atoms with Crippen LogP contribution in [0.3, 0.4) is 0 Å². The molecule has 2 aliphatic heterocycles. The molecule has 0 saturated heterocycles. The molecule has 2 heterocycles. The molecule has 0 atom stereocenters. The van der Waals surface area contributed by atoms with E-state index in [9.17, 15) is 9.46 Å². The second-order valence-corrected chi connectivity index (χ2v) is 11.4. The van der Waals surface area contributed by atoms with Crippen LogP contribution < -0.4 is 0 Å². The van der Waals surface area contributed by atoms with Crippen molar-refractivity contribution in [3.63, 3.8) is 0 Å². The largest absolute Gasteiger partial charge is 0.584 e. The zero-order valence-corrected chi connectivity index (χ0v) is 20.9. The summed E-state index contributed by atoms with van der Waals surface area (Å²) in [7, 11) is -4.56. The molecule has 0 unspecified atom stereocenters. The van der Waals surface area contributed by atoms with E-state index in [2.05, 4.69) is 0 Å². The minimum Gasteiger partial charge on any atom is -0.394 e. The quantitative estimate of drug-likeness (QED) is 0.276. The summed E-state index contributed by atoms with van der Waals surface area (Å²) in [5, 5.41) is 0. The van der Waals surface area contributed by atoms with Gasteiger partial charge in [-0.2, -0.15) is 0 Å². The van der Waals surface area contributed by atoms with E-state index in [1.807, 2.05) is 97.1 Å². The van der Waals surface area contributed by atoms with E-state index in [1.165, 1.54) is 0 Å². The van der Waals surface area contributed by atoms with E-state index < -0.39 is 7.82 Å². The second-order valence-electron chi connectivity index (χ2n) is 7.94. The first kappa shape index (κ1) is 22.3. The number of fused-ring (bicyclic) bond motifs is 4. The molecule has 0 amide bonds. The van der Waals surface area contributed by atoms with E-state index in [-0.39, 0.29) is 0 Å². The summed E-state index contributed by atoms with van der Waals surface area (Å²) in [6.07, 6.45) is 3.59. The minimum atomic E-state index is -4.56. The van der Waals surface area contributed by atoms with Gasteiger partial charge in [-0.3, -0.25) is 4.89 Å². The second kappa shape index (κ2) is 9.14. The summed E-state index contributed by atoms with van der Waals surface area (Å²) in [5.74, 6) is 0.585. The summed E-state index contributed by atoms with van der Waals surface area (Å²) >= 11 is 3.19. The maximum atomic E-state index is 13.4. The molecule has 0 bridgehead atoms. The highest BCUT2D eigenvalue weighted by Crippen LogP contribution is 2.55. The summed E-state index contributed by atoms with van der Waals surface area (Å²) in [5.41, 5.74) is 3.30. The first-order chi connectivity index (χ1) is 17.1. The number of hydrogen-bond acceptors (Lipinski definition) is 5. The SMILES string of the molecule is O=P(O)(OC1=Cc2ccccc2Sc2ccccc21)OC1=Cc2ccccc2Sc2ccccc21. The first-order valence-electron chi connectivity index (χ1n) is 10.9. The van der Waals surface area contributed by atoms with Crippen molar-refractivity contribution in [2.75, 3.05) is 0 Å². The lowest BCUT2D eigenvalue weighted by Crippen LogP contribution is -1.97. The van der Waals surface area contributed by atoms with E-state index in [4.69, 9.17) is 9.05 Å². The van der Waals surface area contributed by atoms with Gasteiger partial charge in [0.1, 0.15) is 11.5 Å². The molecular formula is C28H19O4PS2. The number of phosphoric acid groups is 1. The van der Waals surface area contributed by atoms with E-state index in [1.54, 1.807) is 35.7 Å². The predicted octanol–water partition coefficient (Wildman–Crippen LogP) is 8.45. The molecule has 0 aliphatic carbocycles. The average molecular weight is 515 g/mol. The topological polar surface area (TPSA) is 55.8 Å². The normalized spacial score (nSPS) is 14.1.